The number of hydrogen-bond acceptors (Lipinski definition) is 6. The van der Waals surface area contributed by atoms with Gasteiger partial charge in [0, 0.05) is 11.1 Å². The lowest BCUT2D eigenvalue weighted by Crippen LogP contribution is -2.17. The highest BCUT2D eigenvalue weighted by Crippen LogP contribution is 2.29. The summed E-state index contributed by atoms with van der Waals surface area (Å²) in [6.07, 6.45) is 1.46. The Morgan fingerprint density at radius 2 is 1.80 bits per heavy atom. The Morgan fingerprint density at radius 3 is 2.44 bits per heavy atom. The lowest BCUT2D eigenvalue weighted by Gasteiger charge is -2.09. The third-order valence-electron chi connectivity index (χ3n) is 3.25. The number of para-hydroxylation sites is 1. The Balaban J connectivity index is 0.00000312. The molecule has 0 aliphatic rings. The first-order chi connectivity index (χ1) is 11.6. The molecule has 0 spiro atoms. The minimum atomic E-state index is -0.439. The van der Waals surface area contributed by atoms with E-state index in [9.17, 15) is 9.90 Å². The molecule has 0 bridgehead atoms. The van der Waals surface area contributed by atoms with Crippen LogP contribution in [0.1, 0.15) is 23.3 Å². The van der Waals surface area contributed by atoms with Crippen molar-refractivity contribution in [1.82, 2.24) is 5.43 Å². The second-order valence-electron chi connectivity index (χ2n) is 4.67. The van der Waals surface area contributed by atoms with E-state index in [1.807, 2.05) is 0 Å². The summed E-state index contributed by atoms with van der Waals surface area (Å²) in [6.45, 7) is 0. The Hall–Kier alpha value is -3.22. The van der Waals surface area contributed by atoms with Gasteiger partial charge in [0.05, 0.1) is 27.5 Å². The fourth-order valence-corrected chi connectivity index (χ4v) is 2.06. The average molecular weight is 346 g/mol. The predicted molar refractivity (Wildman–Crippen MR) is 96.0 cm³/mol. The van der Waals surface area contributed by atoms with Gasteiger partial charge >= 0.3 is 0 Å². The van der Waals surface area contributed by atoms with Gasteiger partial charge in [-0.2, -0.15) is 5.10 Å². The molecule has 0 saturated carbocycles. The molecule has 25 heavy (non-hydrogen) atoms. The first-order valence-electron chi connectivity index (χ1n) is 7.02. The van der Waals surface area contributed by atoms with Crippen molar-refractivity contribution >= 4 is 12.1 Å². The number of aromatic hydroxyl groups is 1. The van der Waals surface area contributed by atoms with Gasteiger partial charge in [-0.15, -0.1) is 0 Å². The van der Waals surface area contributed by atoms with E-state index < -0.39 is 5.91 Å². The van der Waals surface area contributed by atoms with Crippen LogP contribution in [0.4, 0.5) is 0 Å². The van der Waals surface area contributed by atoms with E-state index in [1.165, 1.54) is 38.6 Å². The number of nitrogens with one attached hydrogen (secondary N) is 1. The maximum absolute atomic E-state index is 12.1. The number of rotatable bonds is 6. The number of ether oxygens (including phenoxy) is 3. The van der Waals surface area contributed by atoms with Crippen LogP contribution >= 0.6 is 0 Å². The van der Waals surface area contributed by atoms with Crippen LogP contribution in [0.5, 0.6) is 23.0 Å². The zero-order valence-electron chi connectivity index (χ0n) is 13.6. The molecular weight excluding hydrogens is 324 g/mol. The van der Waals surface area contributed by atoms with Crippen LogP contribution in [-0.4, -0.2) is 38.6 Å². The molecule has 2 aromatic carbocycles. The van der Waals surface area contributed by atoms with E-state index in [1.54, 1.807) is 25.3 Å². The summed E-state index contributed by atoms with van der Waals surface area (Å²) >= 11 is 0. The van der Waals surface area contributed by atoms with Gasteiger partial charge in [0.25, 0.3) is 5.91 Å². The Labute approximate surface area is 146 Å². The standard InChI is InChI=1S/C17H18N2O5.CH4/c1-22-14-6-4-5-12(16(14)24-3)10-18-19-17(21)11-7-8-13(20)15(9-11)23-2;/h4-10,20H,1-3H3,(H,19,21);1H4/b18-10+;. The summed E-state index contributed by atoms with van der Waals surface area (Å²) in [5.41, 5.74) is 3.36. The number of amides is 1. The first-order valence-corrected chi connectivity index (χ1v) is 7.02. The molecule has 0 aliphatic carbocycles. The van der Waals surface area contributed by atoms with Crippen molar-refractivity contribution in [2.24, 2.45) is 5.10 Å². The van der Waals surface area contributed by atoms with Crippen LogP contribution < -0.4 is 19.6 Å². The topological polar surface area (TPSA) is 89.4 Å². The van der Waals surface area contributed by atoms with Gasteiger partial charge in [0.1, 0.15) is 0 Å². The van der Waals surface area contributed by atoms with E-state index >= 15 is 0 Å². The summed E-state index contributed by atoms with van der Waals surface area (Å²) in [5.74, 6) is 0.812. The number of hydrogen-bond donors (Lipinski definition) is 2. The van der Waals surface area contributed by atoms with Crippen LogP contribution in [0.25, 0.3) is 0 Å². The van der Waals surface area contributed by atoms with Crippen LogP contribution in [0.15, 0.2) is 41.5 Å². The van der Waals surface area contributed by atoms with Gasteiger partial charge < -0.3 is 19.3 Å². The lowest BCUT2D eigenvalue weighted by atomic mass is 10.2. The Morgan fingerprint density at radius 1 is 1.08 bits per heavy atom. The second-order valence-corrected chi connectivity index (χ2v) is 4.67. The smallest absolute Gasteiger partial charge is 0.271 e. The highest BCUT2D eigenvalue weighted by molar-refractivity contribution is 5.95. The molecule has 7 nitrogen and oxygen atoms in total. The Bertz CT molecular complexity index is 759. The van der Waals surface area contributed by atoms with Crippen molar-refractivity contribution in [3.05, 3.63) is 47.5 Å². The third kappa shape index (κ3) is 4.63. The molecule has 1 amide bonds. The molecule has 2 rings (SSSR count). The zero-order chi connectivity index (χ0) is 17.5. The van der Waals surface area contributed by atoms with E-state index in [-0.39, 0.29) is 18.9 Å². The van der Waals surface area contributed by atoms with Crippen molar-refractivity contribution in [2.75, 3.05) is 21.3 Å². The van der Waals surface area contributed by atoms with E-state index in [0.717, 1.165) is 0 Å². The van der Waals surface area contributed by atoms with E-state index in [2.05, 4.69) is 10.5 Å². The van der Waals surface area contributed by atoms with Crippen LogP contribution in [-0.2, 0) is 0 Å². The minimum absolute atomic E-state index is 0. The molecule has 0 atom stereocenters. The number of methoxy groups -OCH3 is 3. The van der Waals surface area contributed by atoms with E-state index in [4.69, 9.17) is 14.2 Å². The molecule has 2 N–H and O–H groups in total. The van der Waals surface area contributed by atoms with Crippen molar-refractivity contribution in [3.8, 4) is 23.0 Å². The molecular formula is C18H22N2O5. The van der Waals surface area contributed by atoms with Crippen LogP contribution in [0.2, 0.25) is 0 Å². The number of nitrogens with zero attached hydrogens (tertiary/aromatic N) is 1. The van der Waals surface area contributed by atoms with E-state index in [0.29, 0.717) is 22.6 Å². The molecule has 134 valence electrons. The van der Waals surface area contributed by atoms with Crippen molar-refractivity contribution in [2.45, 2.75) is 7.43 Å². The summed E-state index contributed by atoms with van der Waals surface area (Å²) < 4.78 is 15.4. The molecule has 0 saturated heterocycles. The third-order valence-corrected chi connectivity index (χ3v) is 3.25. The first kappa shape index (κ1) is 19.8. The fourth-order valence-electron chi connectivity index (χ4n) is 2.06. The van der Waals surface area contributed by atoms with Crippen molar-refractivity contribution < 1.29 is 24.1 Å². The molecule has 0 fully saturated rings. The van der Waals surface area contributed by atoms with Crippen LogP contribution in [0.3, 0.4) is 0 Å². The molecule has 0 unspecified atom stereocenters. The highest BCUT2D eigenvalue weighted by Gasteiger charge is 2.10. The highest BCUT2D eigenvalue weighted by atomic mass is 16.5. The molecule has 0 radical (unpaired) electrons. The normalized spacial score (nSPS) is 10.0. The summed E-state index contributed by atoms with van der Waals surface area (Å²) in [7, 11) is 4.47. The summed E-state index contributed by atoms with van der Waals surface area (Å²) in [4.78, 5) is 12.1. The number of benzene rings is 2. The van der Waals surface area contributed by atoms with Gasteiger partial charge in [-0.1, -0.05) is 13.5 Å². The number of carbonyl (C=O) groups is 1. The maximum Gasteiger partial charge on any atom is 0.271 e. The van der Waals surface area contributed by atoms with Gasteiger partial charge in [-0.05, 0) is 30.3 Å². The van der Waals surface area contributed by atoms with Gasteiger partial charge in [0.2, 0.25) is 0 Å². The van der Waals surface area contributed by atoms with Gasteiger partial charge in [0.15, 0.2) is 23.0 Å². The molecule has 0 aliphatic heterocycles. The summed E-state index contributed by atoms with van der Waals surface area (Å²) in [6, 6.07) is 9.59. The number of phenols is 1. The number of phenolic OH excluding ortho intramolecular Hbond substituents is 1. The van der Waals surface area contributed by atoms with Gasteiger partial charge in [-0.25, -0.2) is 5.43 Å². The molecule has 0 heterocycles. The number of hydrazone groups is 1. The summed E-state index contributed by atoms with van der Waals surface area (Å²) in [5, 5.41) is 13.5. The van der Waals surface area contributed by atoms with Crippen molar-refractivity contribution in [1.29, 1.82) is 0 Å². The zero-order valence-corrected chi connectivity index (χ0v) is 13.6. The maximum atomic E-state index is 12.1. The number of carbonyl (C=O) groups excluding carboxylic acids is 1. The minimum Gasteiger partial charge on any atom is -0.504 e. The molecule has 7 heteroatoms. The van der Waals surface area contributed by atoms with Gasteiger partial charge in [-0.3, -0.25) is 4.79 Å². The molecule has 0 aromatic heterocycles. The quantitative estimate of drug-likeness (QED) is 0.620. The van der Waals surface area contributed by atoms with Crippen LogP contribution in [0, 0.1) is 0 Å². The average Bonchev–Trinajstić information content (AvgIpc) is 2.61. The Kier molecular flexibility index (Phi) is 7.27. The lowest BCUT2D eigenvalue weighted by molar-refractivity contribution is 0.0954. The predicted octanol–water partition coefficient (Wildman–Crippen LogP) is 2.82. The second kappa shape index (κ2) is 9.17. The fraction of sp³-hybridized carbons (Fsp3) is 0.222. The largest absolute Gasteiger partial charge is 0.504 e. The SMILES string of the molecule is C.COc1cc(C(=O)N/N=C/c2cccc(OC)c2OC)ccc1O. The molecule has 2 aromatic rings. The monoisotopic (exact) mass is 346 g/mol. The van der Waals surface area contributed by atoms with Crippen molar-refractivity contribution in [3.63, 3.8) is 0 Å².